The molecule has 0 saturated heterocycles. The van der Waals surface area contributed by atoms with Gasteiger partial charge < -0.3 is 9.47 Å². The number of hydrogen-bond acceptors (Lipinski definition) is 2. The zero-order chi connectivity index (χ0) is 10.4. The Bertz CT molecular complexity index is 299. The molecule has 14 heavy (non-hydrogen) atoms. The minimum atomic E-state index is 0.707. The molecule has 0 aliphatic heterocycles. The van der Waals surface area contributed by atoms with Crippen molar-refractivity contribution in [3.05, 3.63) is 35.6 Å². The summed E-state index contributed by atoms with van der Waals surface area (Å²) in [6.07, 6.45) is 2.00. The third kappa shape index (κ3) is 3.13. The van der Waals surface area contributed by atoms with Gasteiger partial charge in [-0.2, -0.15) is 0 Å². The molecule has 0 amide bonds. The molecule has 0 radical (unpaired) electrons. The Kier molecular flexibility index (Phi) is 4.05. The molecule has 0 aromatic heterocycles. The summed E-state index contributed by atoms with van der Waals surface area (Å²) in [7, 11) is 1.66. The third-order valence-electron chi connectivity index (χ3n) is 1.86. The second-order valence-corrected chi connectivity index (χ2v) is 2.96. The molecule has 2 nitrogen and oxygen atoms in total. The van der Waals surface area contributed by atoms with Crippen LogP contribution in [-0.4, -0.2) is 13.7 Å². The molecule has 0 aliphatic rings. The maximum atomic E-state index is 5.33. The summed E-state index contributed by atoms with van der Waals surface area (Å²) < 4.78 is 10.4. The van der Waals surface area contributed by atoms with Crippen molar-refractivity contribution in [1.82, 2.24) is 0 Å². The van der Waals surface area contributed by atoms with Gasteiger partial charge in [-0.05, 0) is 37.6 Å². The van der Waals surface area contributed by atoms with Gasteiger partial charge in [0.1, 0.15) is 5.75 Å². The molecule has 0 unspecified atom stereocenters. The fraction of sp³-hybridized carbons (Fsp3) is 0.333. The number of methoxy groups -OCH3 is 1. The number of benzene rings is 1. The van der Waals surface area contributed by atoms with E-state index in [1.807, 2.05) is 44.2 Å². The second-order valence-electron chi connectivity index (χ2n) is 2.96. The van der Waals surface area contributed by atoms with E-state index in [1.165, 1.54) is 0 Å². The summed E-state index contributed by atoms with van der Waals surface area (Å²) in [6.45, 7) is 4.64. The average Bonchev–Trinajstić information content (AvgIpc) is 2.19. The number of hydrogen-bond donors (Lipinski definition) is 0. The lowest BCUT2D eigenvalue weighted by molar-refractivity contribution is 0.235. The molecule has 1 rings (SSSR count). The summed E-state index contributed by atoms with van der Waals surface area (Å²) in [6, 6.07) is 7.87. The SMILES string of the molecule is CCOC(C)=Cc1ccc(OC)cc1. The van der Waals surface area contributed by atoms with Crippen molar-refractivity contribution in [2.45, 2.75) is 13.8 Å². The monoisotopic (exact) mass is 192 g/mol. The molecule has 1 aromatic carbocycles. The minimum absolute atomic E-state index is 0.707. The molecule has 0 spiro atoms. The zero-order valence-corrected chi connectivity index (χ0v) is 8.91. The van der Waals surface area contributed by atoms with E-state index in [-0.39, 0.29) is 0 Å². The third-order valence-corrected chi connectivity index (χ3v) is 1.86. The van der Waals surface area contributed by atoms with Crippen molar-refractivity contribution < 1.29 is 9.47 Å². The standard InChI is InChI=1S/C12H16O2/c1-4-14-10(2)9-11-5-7-12(13-3)8-6-11/h5-9H,4H2,1-3H3. The molecule has 0 atom stereocenters. The lowest BCUT2D eigenvalue weighted by Gasteiger charge is -2.03. The van der Waals surface area contributed by atoms with Crippen LogP contribution in [0.4, 0.5) is 0 Å². The van der Waals surface area contributed by atoms with E-state index in [0.717, 1.165) is 17.1 Å². The van der Waals surface area contributed by atoms with Crippen LogP contribution in [0.25, 0.3) is 6.08 Å². The van der Waals surface area contributed by atoms with E-state index in [1.54, 1.807) is 7.11 Å². The van der Waals surface area contributed by atoms with Crippen LogP contribution in [0.15, 0.2) is 30.0 Å². The number of rotatable bonds is 4. The highest BCUT2D eigenvalue weighted by Crippen LogP contribution is 2.13. The Hall–Kier alpha value is -1.44. The largest absolute Gasteiger partial charge is 0.499 e. The van der Waals surface area contributed by atoms with Crippen molar-refractivity contribution >= 4 is 6.08 Å². The highest BCUT2D eigenvalue weighted by Gasteiger charge is 1.92. The van der Waals surface area contributed by atoms with Crippen molar-refractivity contribution in [2.75, 3.05) is 13.7 Å². The molecular formula is C12H16O2. The highest BCUT2D eigenvalue weighted by molar-refractivity contribution is 5.52. The Balaban J connectivity index is 2.72. The molecule has 76 valence electrons. The van der Waals surface area contributed by atoms with Gasteiger partial charge in [0, 0.05) is 0 Å². The zero-order valence-electron chi connectivity index (χ0n) is 8.91. The fourth-order valence-electron chi connectivity index (χ4n) is 1.20. The van der Waals surface area contributed by atoms with Gasteiger partial charge in [-0.3, -0.25) is 0 Å². The lowest BCUT2D eigenvalue weighted by atomic mass is 10.2. The van der Waals surface area contributed by atoms with Crippen LogP contribution in [0.3, 0.4) is 0 Å². The topological polar surface area (TPSA) is 18.5 Å². The predicted octanol–water partition coefficient (Wildman–Crippen LogP) is 3.09. The summed E-state index contributed by atoms with van der Waals surface area (Å²) >= 11 is 0. The van der Waals surface area contributed by atoms with Gasteiger partial charge in [-0.25, -0.2) is 0 Å². The van der Waals surface area contributed by atoms with Crippen LogP contribution in [0.2, 0.25) is 0 Å². The van der Waals surface area contributed by atoms with Crippen molar-refractivity contribution in [1.29, 1.82) is 0 Å². The molecule has 0 bridgehead atoms. The molecule has 2 heteroatoms. The Morgan fingerprint density at radius 2 is 1.93 bits per heavy atom. The van der Waals surface area contributed by atoms with Crippen molar-refractivity contribution in [2.24, 2.45) is 0 Å². The fourth-order valence-corrected chi connectivity index (χ4v) is 1.20. The van der Waals surface area contributed by atoms with Crippen LogP contribution in [0.5, 0.6) is 5.75 Å². The summed E-state index contributed by atoms with van der Waals surface area (Å²) in [5.41, 5.74) is 1.12. The van der Waals surface area contributed by atoms with Crippen LogP contribution < -0.4 is 4.74 Å². The minimum Gasteiger partial charge on any atom is -0.499 e. The van der Waals surface area contributed by atoms with Crippen LogP contribution in [-0.2, 0) is 4.74 Å². The van der Waals surface area contributed by atoms with Gasteiger partial charge in [0.25, 0.3) is 0 Å². The first-order chi connectivity index (χ1) is 6.76. The first kappa shape index (κ1) is 10.6. The average molecular weight is 192 g/mol. The summed E-state index contributed by atoms with van der Waals surface area (Å²) in [4.78, 5) is 0. The Morgan fingerprint density at radius 3 is 2.43 bits per heavy atom. The van der Waals surface area contributed by atoms with Gasteiger partial charge in [0.15, 0.2) is 0 Å². The quantitative estimate of drug-likeness (QED) is 0.682. The van der Waals surface area contributed by atoms with Gasteiger partial charge >= 0.3 is 0 Å². The van der Waals surface area contributed by atoms with E-state index in [0.29, 0.717) is 6.61 Å². The number of allylic oxidation sites excluding steroid dienone is 1. The second kappa shape index (κ2) is 5.32. The first-order valence-corrected chi connectivity index (χ1v) is 4.71. The summed E-state index contributed by atoms with van der Waals surface area (Å²) in [5, 5.41) is 0. The molecule has 0 fully saturated rings. The van der Waals surface area contributed by atoms with E-state index in [4.69, 9.17) is 9.47 Å². The normalized spacial score (nSPS) is 11.2. The maximum absolute atomic E-state index is 5.33. The van der Waals surface area contributed by atoms with Crippen LogP contribution in [0.1, 0.15) is 19.4 Å². The van der Waals surface area contributed by atoms with Crippen molar-refractivity contribution in [3.63, 3.8) is 0 Å². The summed E-state index contributed by atoms with van der Waals surface area (Å²) in [5.74, 6) is 1.80. The molecule has 0 saturated carbocycles. The van der Waals surface area contributed by atoms with Gasteiger partial charge in [0.2, 0.25) is 0 Å². The lowest BCUT2D eigenvalue weighted by Crippen LogP contribution is -1.86. The van der Waals surface area contributed by atoms with Gasteiger partial charge in [0.05, 0.1) is 19.5 Å². The van der Waals surface area contributed by atoms with E-state index in [2.05, 4.69) is 0 Å². The van der Waals surface area contributed by atoms with E-state index >= 15 is 0 Å². The Morgan fingerprint density at radius 1 is 1.29 bits per heavy atom. The molecule has 1 aromatic rings. The van der Waals surface area contributed by atoms with E-state index < -0.39 is 0 Å². The van der Waals surface area contributed by atoms with E-state index in [9.17, 15) is 0 Å². The van der Waals surface area contributed by atoms with Crippen LogP contribution in [0, 0.1) is 0 Å². The predicted molar refractivity (Wildman–Crippen MR) is 58.3 cm³/mol. The van der Waals surface area contributed by atoms with Crippen LogP contribution >= 0.6 is 0 Å². The van der Waals surface area contributed by atoms with Crippen molar-refractivity contribution in [3.8, 4) is 5.75 Å². The molecular weight excluding hydrogens is 176 g/mol. The molecule has 0 heterocycles. The highest BCUT2D eigenvalue weighted by atomic mass is 16.5. The molecule has 0 N–H and O–H groups in total. The smallest absolute Gasteiger partial charge is 0.118 e. The van der Waals surface area contributed by atoms with Gasteiger partial charge in [-0.1, -0.05) is 12.1 Å². The Labute approximate surface area is 85.2 Å². The molecule has 0 aliphatic carbocycles. The number of ether oxygens (including phenoxy) is 2. The first-order valence-electron chi connectivity index (χ1n) is 4.71. The maximum Gasteiger partial charge on any atom is 0.118 e. The van der Waals surface area contributed by atoms with Gasteiger partial charge in [-0.15, -0.1) is 0 Å².